The van der Waals surface area contributed by atoms with Crippen molar-refractivity contribution >= 4 is 11.5 Å². The molecule has 1 saturated heterocycles. The third-order valence-electron chi connectivity index (χ3n) is 7.86. The summed E-state index contributed by atoms with van der Waals surface area (Å²) in [6.07, 6.45) is 7.53. The van der Waals surface area contributed by atoms with E-state index in [1.165, 1.54) is 0 Å². The summed E-state index contributed by atoms with van der Waals surface area (Å²) in [5, 5.41) is 14.1. The number of benzene rings is 2. The molecular weight excluding hydrogens is 465 g/mol. The molecule has 1 saturated carbocycles. The van der Waals surface area contributed by atoms with E-state index in [1.807, 2.05) is 25.1 Å². The minimum Gasteiger partial charge on any atom is -0.371 e. The highest BCUT2D eigenvalue weighted by Crippen LogP contribution is 2.32. The van der Waals surface area contributed by atoms with Gasteiger partial charge in [-0.25, -0.2) is 9.07 Å². The van der Waals surface area contributed by atoms with Gasteiger partial charge in [-0.2, -0.15) is 10.4 Å². The van der Waals surface area contributed by atoms with Crippen LogP contribution in [-0.2, 0) is 0 Å². The van der Waals surface area contributed by atoms with E-state index < -0.39 is 0 Å². The summed E-state index contributed by atoms with van der Waals surface area (Å²) in [6, 6.07) is 14.9. The molecule has 1 aliphatic carbocycles. The lowest BCUT2D eigenvalue weighted by molar-refractivity contribution is 0.0891. The molecule has 0 bridgehead atoms. The Balaban J connectivity index is 1.54. The number of halogens is 1. The van der Waals surface area contributed by atoms with Crippen molar-refractivity contribution in [3.8, 4) is 23.0 Å². The van der Waals surface area contributed by atoms with E-state index in [2.05, 4.69) is 16.1 Å². The SMILES string of the molecule is Cc1cc(-c2cc(C(=O)C3CCCC(N)CCC3)nn2-c2ccc(N3CCCC3)cc2F)ccc1C#N. The number of hydrogen-bond acceptors (Lipinski definition) is 5. The van der Waals surface area contributed by atoms with Gasteiger partial charge in [0.15, 0.2) is 11.6 Å². The third-order valence-corrected chi connectivity index (χ3v) is 7.86. The second kappa shape index (κ2) is 10.9. The van der Waals surface area contributed by atoms with E-state index in [0.717, 1.165) is 81.3 Å². The number of rotatable bonds is 5. The fourth-order valence-electron chi connectivity index (χ4n) is 5.69. The van der Waals surface area contributed by atoms with Gasteiger partial charge in [0.25, 0.3) is 0 Å². The number of nitrogens with two attached hydrogens (primary N) is 1. The zero-order chi connectivity index (χ0) is 25.9. The molecule has 2 fully saturated rings. The molecule has 37 heavy (non-hydrogen) atoms. The van der Waals surface area contributed by atoms with Crippen LogP contribution in [0.2, 0.25) is 0 Å². The fourth-order valence-corrected chi connectivity index (χ4v) is 5.69. The van der Waals surface area contributed by atoms with E-state index in [-0.39, 0.29) is 23.6 Å². The highest BCUT2D eigenvalue weighted by atomic mass is 19.1. The first-order valence-corrected chi connectivity index (χ1v) is 13.4. The van der Waals surface area contributed by atoms with Crippen LogP contribution in [0.25, 0.3) is 16.9 Å². The molecule has 2 aromatic carbocycles. The first-order chi connectivity index (χ1) is 17.9. The number of aromatic nitrogens is 2. The highest BCUT2D eigenvalue weighted by molar-refractivity contribution is 5.97. The monoisotopic (exact) mass is 499 g/mol. The molecule has 1 aromatic heterocycles. The lowest BCUT2D eigenvalue weighted by atomic mass is 9.86. The van der Waals surface area contributed by atoms with Crippen molar-refractivity contribution in [2.75, 3.05) is 18.0 Å². The maximum absolute atomic E-state index is 15.6. The quantitative estimate of drug-likeness (QED) is 0.439. The molecular formula is C30H34FN5O. The number of nitriles is 1. The van der Waals surface area contributed by atoms with E-state index in [4.69, 9.17) is 5.73 Å². The van der Waals surface area contributed by atoms with Crippen LogP contribution < -0.4 is 10.6 Å². The Morgan fingerprint density at radius 1 is 1.03 bits per heavy atom. The highest BCUT2D eigenvalue weighted by Gasteiger charge is 2.27. The topological polar surface area (TPSA) is 87.9 Å². The third kappa shape index (κ3) is 5.30. The lowest BCUT2D eigenvalue weighted by Gasteiger charge is -2.21. The van der Waals surface area contributed by atoms with Gasteiger partial charge in [0.2, 0.25) is 0 Å². The maximum Gasteiger partial charge on any atom is 0.186 e. The molecule has 0 unspecified atom stereocenters. The Kier molecular flexibility index (Phi) is 7.38. The van der Waals surface area contributed by atoms with Gasteiger partial charge in [0.05, 0.1) is 17.3 Å². The van der Waals surface area contributed by atoms with E-state index in [9.17, 15) is 10.1 Å². The summed E-state index contributed by atoms with van der Waals surface area (Å²) in [7, 11) is 0. The van der Waals surface area contributed by atoms with Gasteiger partial charge < -0.3 is 10.6 Å². The van der Waals surface area contributed by atoms with Crippen LogP contribution in [0.15, 0.2) is 42.5 Å². The van der Waals surface area contributed by atoms with Crippen LogP contribution in [0, 0.1) is 30.0 Å². The van der Waals surface area contributed by atoms with E-state index in [0.29, 0.717) is 22.6 Å². The van der Waals surface area contributed by atoms with Crippen LogP contribution in [0.5, 0.6) is 0 Å². The smallest absolute Gasteiger partial charge is 0.186 e. The minimum absolute atomic E-state index is 0.00920. The van der Waals surface area contributed by atoms with Crippen molar-refractivity contribution in [2.24, 2.45) is 11.7 Å². The van der Waals surface area contributed by atoms with Crippen LogP contribution in [0.1, 0.15) is 73.0 Å². The van der Waals surface area contributed by atoms with Gasteiger partial charge in [-0.3, -0.25) is 4.79 Å². The Hall–Kier alpha value is -3.50. The molecule has 2 N–H and O–H groups in total. The number of carbonyl (C=O) groups is 1. The second-order valence-electron chi connectivity index (χ2n) is 10.5. The van der Waals surface area contributed by atoms with Crippen molar-refractivity contribution in [1.82, 2.24) is 9.78 Å². The maximum atomic E-state index is 15.6. The molecule has 2 aliphatic rings. The lowest BCUT2D eigenvalue weighted by Crippen LogP contribution is -2.24. The molecule has 0 amide bonds. The van der Waals surface area contributed by atoms with Gasteiger partial charge in [-0.15, -0.1) is 0 Å². The minimum atomic E-state index is -0.377. The summed E-state index contributed by atoms with van der Waals surface area (Å²) in [4.78, 5) is 15.8. The summed E-state index contributed by atoms with van der Waals surface area (Å²) < 4.78 is 17.1. The summed E-state index contributed by atoms with van der Waals surface area (Å²) in [5.74, 6) is -0.471. The van der Waals surface area contributed by atoms with E-state index >= 15 is 4.39 Å². The van der Waals surface area contributed by atoms with Crippen LogP contribution in [0.3, 0.4) is 0 Å². The Labute approximate surface area is 217 Å². The van der Waals surface area contributed by atoms with E-state index in [1.54, 1.807) is 28.9 Å². The molecule has 7 heteroatoms. The largest absolute Gasteiger partial charge is 0.371 e. The molecule has 0 spiro atoms. The molecule has 0 radical (unpaired) electrons. The molecule has 6 nitrogen and oxygen atoms in total. The Morgan fingerprint density at radius 3 is 2.41 bits per heavy atom. The molecule has 1 aliphatic heterocycles. The summed E-state index contributed by atoms with van der Waals surface area (Å²) in [6.45, 7) is 3.74. The summed E-state index contributed by atoms with van der Waals surface area (Å²) >= 11 is 0. The van der Waals surface area contributed by atoms with Gasteiger partial charge in [0, 0.05) is 36.3 Å². The van der Waals surface area contributed by atoms with Crippen molar-refractivity contribution in [1.29, 1.82) is 5.26 Å². The standard InChI is InChI=1S/C30H34FN5O/c1-20-16-22(10-11-23(20)19-32)29-18-27(30(37)21-6-4-8-24(33)9-5-7-21)34-36(29)28-13-12-25(17-26(28)31)35-14-2-3-15-35/h10-13,16-18,21,24H,2-9,14-15,33H2,1H3. The van der Waals surface area contributed by atoms with Crippen molar-refractivity contribution in [3.63, 3.8) is 0 Å². The van der Waals surface area contributed by atoms with Gasteiger partial charge in [-0.1, -0.05) is 18.9 Å². The predicted molar refractivity (Wildman–Crippen MR) is 143 cm³/mol. The van der Waals surface area contributed by atoms with Gasteiger partial charge >= 0.3 is 0 Å². The van der Waals surface area contributed by atoms with Crippen LogP contribution in [-0.4, -0.2) is 34.7 Å². The zero-order valence-electron chi connectivity index (χ0n) is 21.4. The second-order valence-corrected chi connectivity index (χ2v) is 10.5. The average Bonchev–Trinajstić information content (AvgIpc) is 3.56. The number of carbonyl (C=O) groups excluding carboxylic acids is 1. The number of hydrogen-bond donors (Lipinski definition) is 1. The molecule has 192 valence electrons. The molecule has 3 aromatic rings. The summed E-state index contributed by atoms with van der Waals surface area (Å²) in [5.41, 5.74) is 10.5. The first kappa shape index (κ1) is 25.2. The molecule has 5 rings (SSSR count). The van der Waals surface area contributed by atoms with Crippen molar-refractivity contribution < 1.29 is 9.18 Å². The van der Waals surface area contributed by atoms with Crippen molar-refractivity contribution in [2.45, 2.75) is 64.3 Å². The fraction of sp³-hybridized carbons (Fsp3) is 0.433. The van der Waals surface area contributed by atoms with Crippen molar-refractivity contribution in [3.05, 3.63) is 65.1 Å². The zero-order valence-corrected chi connectivity index (χ0v) is 21.4. The first-order valence-electron chi connectivity index (χ1n) is 13.4. The van der Waals surface area contributed by atoms with Crippen LogP contribution in [0.4, 0.5) is 10.1 Å². The normalized spacial score (nSPS) is 20.3. The van der Waals surface area contributed by atoms with Gasteiger partial charge in [-0.05, 0) is 87.4 Å². The number of Topliss-reactive ketones (excluding diaryl/α,β-unsaturated/α-hetero) is 1. The Morgan fingerprint density at radius 2 is 1.76 bits per heavy atom. The average molecular weight is 500 g/mol. The van der Waals surface area contributed by atoms with Gasteiger partial charge in [0.1, 0.15) is 11.4 Å². The van der Waals surface area contributed by atoms with Crippen LogP contribution >= 0.6 is 0 Å². The number of nitrogens with zero attached hydrogens (tertiary/aromatic N) is 4. The molecule has 2 heterocycles. The number of ketones is 1. The Bertz CT molecular complexity index is 1320. The molecule has 0 atom stereocenters. The predicted octanol–water partition coefficient (Wildman–Crippen LogP) is 5.94. The number of anilines is 1. The number of aryl methyl sites for hydroxylation is 1.